The largest absolute Gasteiger partial charge is 0.363 e. The van der Waals surface area contributed by atoms with Crippen LogP contribution in [0.2, 0.25) is 0 Å². The zero-order valence-corrected chi connectivity index (χ0v) is 17.0. The SMILES string of the molecule is CCc1cc(NC(C)c2cn(C(C)(C)C)nc2C)nc(-c2ccccn2)n1. The van der Waals surface area contributed by atoms with E-state index in [4.69, 9.17) is 4.98 Å². The van der Waals surface area contributed by atoms with Gasteiger partial charge in [-0.05, 0) is 53.2 Å². The number of aryl methyl sites for hydroxylation is 2. The Hall–Kier alpha value is -2.76. The molecule has 0 bridgehead atoms. The minimum absolute atomic E-state index is 0.0425. The van der Waals surface area contributed by atoms with Gasteiger partial charge in [-0.15, -0.1) is 0 Å². The van der Waals surface area contributed by atoms with Gasteiger partial charge in [0.25, 0.3) is 0 Å². The second kappa shape index (κ2) is 7.47. The zero-order chi connectivity index (χ0) is 19.6. The first kappa shape index (κ1) is 19.0. The molecule has 0 aliphatic heterocycles. The summed E-state index contributed by atoms with van der Waals surface area (Å²) in [7, 11) is 0. The maximum atomic E-state index is 4.69. The molecule has 0 saturated heterocycles. The molecule has 3 aromatic heterocycles. The molecule has 0 spiro atoms. The van der Waals surface area contributed by atoms with Crippen LogP contribution in [0.25, 0.3) is 11.5 Å². The van der Waals surface area contributed by atoms with Crippen LogP contribution in [0.5, 0.6) is 0 Å². The van der Waals surface area contributed by atoms with Gasteiger partial charge in [0.05, 0.1) is 17.3 Å². The van der Waals surface area contributed by atoms with Gasteiger partial charge >= 0.3 is 0 Å². The summed E-state index contributed by atoms with van der Waals surface area (Å²) in [5, 5.41) is 8.19. The van der Waals surface area contributed by atoms with Gasteiger partial charge in [0.1, 0.15) is 11.5 Å². The van der Waals surface area contributed by atoms with Gasteiger partial charge in [-0.1, -0.05) is 13.0 Å². The molecule has 0 fully saturated rings. The predicted octanol–water partition coefficient (Wildman–Crippen LogP) is 4.53. The number of hydrogen-bond acceptors (Lipinski definition) is 5. The lowest BCUT2D eigenvalue weighted by Gasteiger charge is -2.19. The van der Waals surface area contributed by atoms with Gasteiger partial charge < -0.3 is 5.32 Å². The second-order valence-corrected chi connectivity index (χ2v) is 7.79. The first-order valence-electron chi connectivity index (χ1n) is 9.40. The molecule has 142 valence electrons. The van der Waals surface area contributed by atoms with Gasteiger partial charge in [0.15, 0.2) is 5.82 Å². The van der Waals surface area contributed by atoms with Crippen LogP contribution in [0.1, 0.15) is 57.6 Å². The summed E-state index contributed by atoms with van der Waals surface area (Å²) in [6.07, 6.45) is 4.72. The number of rotatable bonds is 5. The Morgan fingerprint density at radius 2 is 1.96 bits per heavy atom. The third-order valence-electron chi connectivity index (χ3n) is 4.49. The summed E-state index contributed by atoms with van der Waals surface area (Å²) in [6.45, 7) is 12.7. The minimum atomic E-state index is -0.0425. The van der Waals surface area contributed by atoms with Crippen molar-refractivity contribution in [3.05, 3.63) is 53.6 Å². The second-order valence-electron chi connectivity index (χ2n) is 7.79. The van der Waals surface area contributed by atoms with Crippen LogP contribution in [0.3, 0.4) is 0 Å². The maximum absolute atomic E-state index is 4.69. The van der Waals surface area contributed by atoms with Crippen molar-refractivity contribution in [1.82, 2.24) is 24.7 Å². The predicted molar refractivity (Wildman–Crippen MR) is 109 cm³/mol. The van der Waals surface area contributed by atoms with E-state index in [0.29, 0.717) is 5.82 Å². The summed E-state index contributed by atoms with van der Waals surface area (Å²) in [5.74, 6) is 1.45. The van der Waals surface area contributed by atoms with E-state index < -0.39 is 0 Å². The van der Waals surface area contributed by atoms with E-state index >= 15 is 0 Å². The van der Waals surface area contributed by atoms with Crippen molar-refractivity contribution < 1.29 is 0 Å². The van der Waals surface area contributed by atoms with Crippen molar-refractivity contribution in [2.75, 3.05) is 5.32 Å². The molecule has 1 atom stereocenters. The normalized spacial score (nSPS) is 12.8. The van der Waals surface area contributed by atoms with Crippen molar-refractivity contribution in [2.45, 2.75) is 59.5 Å². The van der Waals surface area contributed by atoms with Crippen LogP contribution >= 0.6 is 0 Å². The fourth-order valence-corrected chi connectivity index (χ4v) is 2.90. The molecule has 0 amide bonds. The molecule has 0 aliphatic carbocycles. The van der Waals surface area contributed by atoms with Crippen molar-refractivity contribution >= 4 is 5.82 Å². The Morgan fingerprint density at radius 3 is 2.56 bits per heavy atom. The van der Waals surface area contributed by atoms with Crippen molar-refractivity contribution in [1.29, 1.82) is 0 Å². The molecular formula is C21H28N6. The van der Waals surface area contributed by atoms with E-state index in [2.05, 4.69) is 61.2 Å². The number of nitrogens with zero attached hydrogens (tertiary/aromatic N) is 5. The molecule has 0 aliphatic rings. The van der Waals surface area contributed by atoms with Crippen LogP contribution in [0.4, 0.5) is 5.82 Å². The Bertz CT molecular complexity index is 908. The van der Waals surface area contributed by atoms with E-state index in [1.807, 2.05) is 35.9 Å². The third kappa shape index (κ3) is 4.32. The summed E-state index contributed by atoms with van der Waals surface area (Å²) < 4.78 is 2.02. The average molecular weight is 364 g/mol. The molecule has 3 aromatic rings. The standard InChI is InChI=1S/C21H28N6/c1-7-16-12-19(25-20(24-16)18-10-8-9-11-22-18)23-14(2)17-13-27(21(4,5)6)26-15(17)3/h8-14H,7H2,1-6H3,(H,23,24,25). The molecule has 6 heteroatoms. The van der Waals surface area contributed by atoms with Gasteiger partial charge in [-0.25, -0.2) is 9.97 Å². The number of anilines is 1. The van der Waals surface area contributed by atoms with Crippen LogP contribution in [-0.4, -0.2) is 24.7 Å². The van der Waals surface area contributed by atoms with E-state index in [0.717, 1.165) is 29.3 Å². The smallest absolute Gasteiger partial charge is 0.180 e. The summed E-state index contributed by atoms with van der Waals surface area (Å²) in [6, 6.07) is 7.86. The highest BCUT2D eigenvalue weighted by molar-refractivity contribution is 5.53. The Balaban J connectivity index is 1.90. The van der Waals surface area contributed by atoms with Crippen LogP contribution in [0, 0.1) is 6.92 Å². The highest BCUT2D eigenvalue weighted by Gasteiger charge is 2.19. The average Bonchev–Trinajstić information content (AvgIpc) is 3.04. The van der Waals surface area contributed by atoms with E-state index in [9.17, 15) is 0 Å². The van der Waals surface area contributed by atoms with Crippen molar-refractivity contribution in [3.8, 4) is 11.5 Å². The molecule has 27 heavy (non-hydrogen) atoms. The van der Waals surface area contributed by atoms with Crippen LogP contribution < -0.4 is 5.32 Å². The first-order valence-corrected chi connectivity index (χ1v) is 9.40. The minimum Gasteiger partial charge on any atom is -0.363 e. The van der Waals surface area contributed by atoms with Crippen LogP contribution in [0.15, 0.2) is 36.7 Å². The highest BCUT2D eigenvalue weighted by Crippen LogP contribution is 2.25. The molecule has 1 N–H and O–H groups in total. The Kier molecular flexibility index (Phi) is 5.26. The third-order valence-corrected chi connectivity index (χ3v) is 4.49. The fraction of sp³-hybridized carbons (Fsp3) is 0.429. The van der Waals surface area contributed by atoms with Gasteiger partial charge in [0, 0.05) is 29.7 Å². The lowest BCUT2D eigenvalue weighted by molar-refractivity contribution is 0.354. The molecule has 1 unspecified atom stereocenters. The highest BCUT2D eigenvalue weighted by atomic mass is 15.3. The maximum Gasteiger partial charge on any atom is 0.180 e. The van der Waals surface area contributed by atoms with E-state index in [1.54, 1.807) is 6.20 Å². The molecule has 3 heterocycles. The number of nitrogens with one attached hydrogen (secondary N) is 1. The van der Waals surface area contributed by atoms with Gasteiger partial charge in [-0.3, -0.25) is 9.67 Å². The van der Waals surface area contributed by atoms with Gasteiger partial charge in [-0.2, -0.15) is 5.10 Å². The van der Waals surface area contributed by atoms with Crippen LogP contribution in [-0.2, 0) is 12.0 Å². The van der Waals surface area contributed by atoms with Gasteiger partial charge in [0.2, 0.25) is 0 Å². The summed E-state index contributed by atoms with van der Waals surface area (Å²) in [4.78, 5) is 13.7. The molecule has 3 rings (SSSR count). The number of aromatic nitrogens is 5. The van der Waals surface area contributed by atoms with Crippen molar-refractivity contribution in [3.63, 3.8) is 0 Å². The fourth-order valence-electron chi connectivity index (χ4n) is 2.90. The number of pyridine rings is 1. The molecule has 6 nitrogen and oxygen atoms in total. The zero-order valence-electron chi connectivity index (χ0n) is 17.0. The molecule has 0 radical (unpaired) electrons. The first-order chi connectivity index (χ1) is 12.8. The number of hydrogen-bond donors (Lipinski definition) is 1. The monoisotopic (exact) mass is 364 g/mol. The Morgan fingerprint density at radius 1 is 1.19 bits per heavy atom. The lowest BCUT2D eigenvalue weighted by atomic mass is 10.1. The lowest BCUT2D eigenvalue weighted by Crippen LogP contribution is -2.22. The molecule has 0 saturated carbocycles. The van der Waals surface area contributed by atoms with E-state index in [1.165, 1.54) is 5.56 Å². The molecular weight excluding hydrogens is 336 g/mol. The van der Waals surface area contributed by atoms with E-state index in [-0.39, 0.29) is 11.6 Å². The topological polar surface area (TPSA) is 68.5 Å². The Labute approximate surface area is 161 Å². The molecule has 0 aromatic carbocycles. The summed E-state index contributed by atoms with van der Waals surface area (Å²) >= 11 is 0. The summed E-state index contributed by atoms with van der Waals surface area (Å²) in [5.41, 5.74) is 3.92. The quantitative estimate of drug-likeness (QED) is 0.720. The van der Waals surface area contributed by atoms with Crippen molar-refractivity contribution in [2.24, 2.45) is 0 Å².